The third-order valence-electron chi connectivity index (χ3n) is 5.61. The molecule has 0 heterocycles. The number of carbonyl (C=O) groups excluding carboxylic acids is 1. The van der Waals surface area contributed by atoms with E-state index in [1.165, 1.54) is 102 Å². The first kappa shape index (κ1) is 30.2. The van der Waals surface area contributed by atoms with Crippen LogP contribution in [0.3, 0.4) is 0 Å². The SMILES string of the molecule is CCCCCCCCCCCCCCCCCCOC(=O)c1ccccc1C(=O)O.[H-].[Na+]. The van der Waals surface area contributed by atoms with Crippen LogP contribution in [-0.2, 0) is 4.74 Å². The standard InChI is InChI=1S/C26H42O4.Na.H/c1-2-3-4-5-6-7-8-9-10-11-12-13-14-15-16-19-22-30-26(29)24-21-18-17-20-23(24)25(27)28;;/h17-18,20-21H,2-16,19,22H2,1H3,(H,27,28);;/q;+1;-1. The summed E-state index contributed by atoms with van der Waals surface area (Å²) in [5.74, 6) is -1.65. The number of rotatable bonds is 19. The van der Waals surface area contributed by atoms with Crippen LogP contribution in [0.15, 0.2) is 24.3 Å². The molecule has 0 fully saturated rings. The number of ether oxygens (including phenoxy) is 1. The maximum Gasteiger partial charge on any atom is 1.00 e. The Kier molecular flexibility index (Phi) is 20.5. The molecule has 4 nitrogen and oxygen atoms in total. The maximum atomic E-state index is 12.0. The van der Waals surface area contributed by atoms with Crippen LogP contribution in [0.5, 0.6) is 0 Å². The Hall–Kier alpha value is -0.840. The molecule has 0 aliphatic rings. The molecule has 0 amide bonds. The van der Waals surface area contributed by atoms with Crippen LogP contribution in [0.1, 0.15) is 132 Å². The van der Waals surface area contributed by atoms with Crippen LogP contribution < -0.4 is 29.6 Å². The van der Waals surface area contributed by atoms with Gasteiger partial charge in [-0.05, 0) is 18.6 Å². The molecule has 0 saturated carbocycles. The molecule has 0 spiro atoms. The Labute approximate surface area is 213 Å². The van der Waals surface area contributed by atoms with Gasteiger partial charge >= 0.3 is 41.5 Å². The molecule has 0 bridgehead atoms. The normalized spacial score (nSPS) is 10.5. The van der Waals surface area contributed by atoms with Crippen molar-refractivity contribution in [1.29, 1.82) is 0 Å². The summed E-state index contributed by atoms with van der Waals surface area (Å²) in [7, 11) is 0. The predicted octanol–water partition coefficient (Wildman–Crippen LogP) is 4.92. The number of carbonyl (C=O) groups is 2. The van der Waals surface area contributed by atoms with Crippen LogP contribution >= 0.6 is 0 Å². The van der Waals surface area contributed by atoms with Crippen LogP contribution in [0.4, 0.5) is 0 Å². The summed E-state index contributed by atoms with van der Waals surface area (Å²) in [6, 6.07) is 6.18. The van der Waals surface area contributed by atoms with E-state index in [4.69, 9.17) is 9.84 Å². The molecule has 1 aromatic carbocycles. The molecule has 0 aromatic heterocycles. The summed E-state index contributed by atoms with van der Waals surface area (Å²) in [6.45, 7) is 2.62. The first-order valence-electron chi connectivity index (χ1n) is 12.2. The van der Waals surface area contributed by atoms with Crippen LogP contribution in [0.2, 0.25) is 0 Å². The number of benzene rings is 1. The van der Waals surface area contributed by atoms with Gasteiger partial charge in [-0.3, -0.25) is 0 Å². The van der Waals surface area contributed by atoms with Gasteiger partial charge in [0.1, 0.15) is 0 Å². The van der Waals surface area contributed by atoms with E-state index in [9.17, 15) is 9.59 Å². The number of carboxylic acids is 1. The summed E-state index contributed by atoms with van der Waals surface area (Å²) in [6.07, 6.45) is 20.8. The van der Waals surface area contributed by atoms with E-state index in [0.717, 1.165) is 12.8 Å². The Balaban J connectivity index is 0. The Morgan fingerprint density at radius 1 is 0.710 bits per heavy atom. The molecular formula is C26H43NaO4. The Morgan fingerprint density at radius 3 is 1.52 bits per heavy atom. The van der Waals surface area contributed by atoms with Crippen LogP contribution in [0, 0.1) is 0 Å². The fraction of sp³-hybridized carbons (Fsp3) is 0.692. The van der Waals surface area contributed by atoms with Crippen LogP contribution in [0.25, 0.3) is 0 Å². The molecule has 0 saturated heterocycles. The molecule has 31 heavy (non-hydrogen) atoms. The van der Waals surface area contributed by atoms with Crippen molar-refractivity contribution in [3.8, 4) is 0 Å². The largest absolute Gasteiger partial charge is 1.00 e. The summed E-state index contributed by atoms with van der Waals surface area (Å²) < 4.78 is 5.24. The van der Waals surface area contributed by atoms with Gasteiger partial charge in [0, 0.05) is 0 Å². The number of unbranched alkanes of at least 4 members (excludes halogenated alkanes) is 15. The third kappa shape index (κ3) is 15.6. The molecule has 0 atom stereocenters. The minimum atomic E-state index is -1.11. The number of hydrogen-bond donors (Lipinski definition) is 1. The Bertz CT molecular complexity index is 595. The van der Waals surface area contributed by atoms with Gasteiger partial charge in [-0.1, -0.05) is 115 Å². The second-order valence-corrected chi connectivity index (χ2v) is 8.29. The smallest absolute Gasteiger partial charge is 1.00 e. The molecule has 0 aliphatic carbocycles. The van der Waals surface area contributed by atoms with E-state index in [2.05, 4.69) is 6.92 Å². The van der Waals surface area contributed by atoms with Gasteiger partial charge < -0.3 is 11.3 Å². The molecule has 1 rings (SSSR count). The second kappa shape index (κ2) is 21.0. The van der Waals surface area contributed by atoms with Crippen molar-refractivity contribution in [2.24, 2.45) is 0 Å². The molecule has 5 heteroatoms. The summed E-state index contributed by atoms with van der Waals surface area (Å²) in [4.78, 5) is 23.2. The predicted molar refractivity (Wildman–Crippen MR) is 124 cm³/mol. The van der Waals surface area contributed by atoms with Gasteiger partial charge in [-0.25, -0.2) is 9.59 Å². The topological polar surface area (TPSA) is 63.6 Å². The van der Waals surface area contributed by atoms with Crippen molar-refractivity contribution < 1.29 is 50.4 Å². The number of hydrogen-bond acceptors (Lipinski definition) is 3. The molecule has 1 N–H and O–H groups in total. The zero-order valence-electron chi connectivity index (χ0n) is 21.0. The fourth-order valence-corrected chi connectivity index (χ4v) is 3.74. The van der Waals surface area contributed by atoms with E-state index >= 15 is 0 Å². The average Bonchev–Trinajstić information content (AvgIpc) is 2.75. The van der Waals surface area contributed by atoms with Crippen molar-refractivity contribution >= 4 is 11.9 Å². The van der Waals surface area contributed by atoms with Gasteiger partial charge in [0.25, 0.3) is 0 Å². The number of esters is 1. The van der Waals surface area contributed by atoms with E-state index in [1.54, 1.807) is 12.1 Å². The molecule has 1 aromatic rings. The summed E-state index contributed by atoms with van der Waals surface area (Å²) >= 11 is 0. The zero-order valence-corrected chi connectivity index (χ0v) is 22.0. The average molecular weight is 443 g/mol. The van der Waals surface area contributed by atoms with E-state index in [1.807, 2.05) is 0 Å². The van der Waals surface area contributed by atoms with Crippen molar-refractivity contribution in [1.82, 2.24) is 0 Å². The molecule has 0 unspecified atom stereocenters. The van der Waals surface area contributed by atoms with Crippen molar-refractivity contribution in [2.45, 2.75) is 110 Å². The van der Waals surface area contributed by atoms with Crippen molar-refractivity contribution in [3.63, 3.8) is 0 Å². The third-order valence-corrected chi connectivity index (χ3v) is 5.61. The molecule has 0 radical (unpaired) electrons. The monoisotopic (exact) mass is 442 g/mol. The van der Waals surface area contributed by atoms with Gasteiger partial charge in [-0.2, -0.15) is 0 Å². The first-order chi connectivity index (χ1) is 14.7. The van der Waals surface area contributed by atoms with Crippen molar-refractivity contribution in [2.75, 3.05) is 6.61 Å². The molecular weight excluding hydrogens is 399 g/mol. The minimum Gasteiger partial charge on any atom is -1.00 e. The zero-order chi connectivity index (χ0) is 21.9. The van der Waals surface area contributed by atoms with Crippen LogP contribution in [-0.4, -0.2) is 23.7 Å². The van der Waals surface area contributed by atoms with Gasteiger partial charge in [0.2, 0.25) is 0 Å². The van der Waals surface area contributed by atoms with Crippen molar-refractivity contribution in [3.05, 3.63) is 35.4 Å². The fourth-order valence-electron chi connectivity index (χ4n) is 3.74. The summed E-state index contributed by atoms with van der Waals surface area (Å²) in [5.41, 5.74) is 0.121. The number of carboxylic acid groups (broad SMARTS) is 1. The van der Waals surface area contributed by atoms with Gasteiger partial charge in [0.15, 0.2) is 0 Å². The first-order valence-corrected chi connectivity index (χ1v) is 12.2. The minimum absolute atomic E-state index is 0. The number of aromatic carboxylic acids is 1. The van der Waals surface area contributed by atoms with Gasteiger partial charge in [0.05, 0.1) is 17.7 Å². The summed E-state index contributed by atoms with van der Waals surface area (Å²) in [5, 5.41) is 9.13. The second-order valence-electron chi connectivity index (χ2n) is 8.29. The molecule has 172 valence electrons. The van der Waals surface area contributed by atoms with E-state index in [-0.39, 0.29) is 42.1 Å². The molecule has 0 aliphatic heterocycles. The Morgan fingerprint density at radius 2 is 1.10 bits per heavy atom. The maximum absolute atomic E-state index is 12.0. The van der Waals surface area contributed by atoms with E-state index < -0.39 is 11.9 Å². The van der Waals surface area contributed by atoms with E-state index in [0.29, 0.717) is 6.61 Å². The van der Waals surface area contributed by atoms with Gasteiger partial charge in [-0.15, -0.1) is 0 Å². The quantitative estimate of drug-likeness (QED) is 0.188.